The number of methoxy groups -OCH3 is 1. The molecule has 1 aliphatic rings. The third-order valence-electron chi connectivity index (χ3n) is 4.11. The summed E-state index contributed by atoms with van der Waals surface area (Å²) < 4.78 is 33.4. The molecule has 0 saturated carbocycles. The lowest BCUT2D eigenvalue weighted by Gasteiger charge is -2.19. The predicted octanol–water partition coefficient (Wildman–Crippen LogP) is 2.49. The molecular weight excluding hydrogens is 354 g/mol. The van der Waals surface area contributed by atoms with E-state index in [-0.39, 0.29) is 27.8 Å². The van der Waals surface area contributed by atoms with E-state index >= 15 is 0 Å². The number of ether oxygens (including phenoxy) is 1. The average molecular weight is 371 g/mol. The van der Waals surface area contributed by atoms with Crippen molar-refractivity contribution in [1.82, 2.24) is 0 Å². The van der Waals surface area contributed by atoms with Crippen LogP contribution in [0.4, 0.5) is 11.4 Å². The van der Waals surface area contributed by atoms with E-state index in [1.54, 1.807) is 23.1 Å². The Kier molecular flexibility index (Phi) is 4.82. The molecular formula is C18H17N3O4S. The summed E-state index contributed by atoms with van der Waals surface area (Å²) in [6.45, 7) is 0.551. The number of anilines is 2. The molecule has 134 valence electrons. The van der Waals surface area contributed by atoms with Crippen molar-refractivity contribution in [1.29, 1.82) is 5.26 Å². The molecule has 1 heterocycles. The van der Waals surface area contributed by atoms with E-state index in [2.05, 4.69) is 4.72 Å². The fourth-order valence-electron chi connectivity index (χ4n) is 2.83. The molecule has 0 aliphatic carbocycles. The number of rotatable bonds is 5. The van der Waals surface area contributed by atoms with Crippen LogP contribution in [-0.4, -0.2) is 28.0 Å². The monoisotopic (exact) mass is 371 g/mol. The maximum Gasteiger partial charge on any atom is 0.265 e. The van der Waals surface area contributed by atoms with Gasteiger partial charge in [-0.15, -0.1) is 0 Å². The molecule has 1 N–H and O–H groups in total. The number of para-hydroxylation sites is 1. The van der Waals surface area contributed by atoms with Crippen LogP contribution in [0.3, 0.4) is 0 Å². The van der Waals surface area contributed by atoms with Crippen LogP contribution in [0.2, 0.25) is 0 Å². The molecule has 2 aromatic carbocycles. The van der Waals surface area contributed by atoms with Gasteiger partial charge in [-0.3, -0.25) is 9.52 Å². The Morgan fingerprint density at radius 2 is 2.00 bits per heavy atom. The Morgan fingerprint density at radius 1 is 1.23 bits per heavy atom. The van der Waals surface area contributed by atoms with Gasteiger partial charge in [0.1, 0.15) is 16.7 Å². The van der Waals surface area contributed by atoms with E-state index < -0.39 is 10.0 Å². The Hall–Kier alpha value is -3.05. The Labute approximate surface area is 151 Å². The molecule has 3 rings (SSSR count). The largest absolute Gasteiger partial charge is 0.495 e. The van der Waals surface area contributed by atoms with Gasteiger partial charge in [-0.2, -0.15) is 5.26 Å². The normalized spacial score (nSPS) is 14.2. The minimum absolute atomic E-state index is 0.0405. The summed E-state index contributed by atoms with van der Waals surface area (Å²) in [6.07, 6.45) is 1.18. The third kappa shape index (κ3) is 3.34. The van der Waals surface area contributed by atoms with Gasteiger partial charge in [0.05, 0.1) is 18.4 Å². The first-order valence-electron chi connectivity index (χ1n) is 7.96. The van der Waals surface area contributed by atoms with Crippen molar-refractivity contribution in [2.45, 2.75) is 17.7 Å². The molecule has 1 fully saturated rings. The zero-order valence-corrected chi connectivity index (χ0v) is 14.9. The molecule has 1 saturated heterocycles. The number of benzene rings is 2. The first-order chi connectivity index (χ1) is 12.5. The summed E-state index contributed by atoms with van der Waals surface area (Å²) >= 11 is 0. The van der Waals surface area contributed by atoms with Gasteiger partial charge in [0.2, 0.25) is 5.91 Å². The minimum Gasteiger partial charge on any atom is -0.495 e. The van der Waals surface area contributed by atoms with Crippen LogP contribution < -0.4 is 14.4 Å². The van der Waals surface area contributed by atoms with Crippen LogP contribution in [0.5, 0.6) is 5.75 Å². The molecule has 2 aromatic rings. The van der Waals surface area contributed by atoms with Crippen molar-refractivity contribution in [3.63, 3.8) is 0 Å². The zero-order chi connectivity index (χ0) is 18.7. The number of amides is 1. The number of nitrogens with one attached hydrogen (secondary N) is 1. The number of sulfonamides is 1. The lowest BCUT2D eigenvalue weighted by Crippen LogP contribution is -2.24. The number of nitrogens with zero attached hydrogens (tertiary/aromatic N) is 2. The third-order valence-corrected chi connectivity index (χ3v) is 5.50. The summed E-state index contributed by atoms with van der Waals surface area (Å²) in [5.74, 6) is 0.114. The summed E-state index contributed by atoms with van der Waals surface area (Å²) in [6, 6.07) is 12.9. The second kappa shape index (κ2) is 7.06. The second-order valence-electron chi connectivity index (χ2n) is 5.75. The van der Waals surface area contributed by atoms with Crippen LogP contribution >= 0.6 is 0 Å². The smallest absolute Gasteiger partial charge is 0.265 e. The van der Waals surface area contributed by atoms with Gasteiger partial charge >= 0.3 is 0 Å². The molecule has 0 unspecified atom stereocenters. The molecule has 0 aromatic heterocycles. The molecule has 8 heteroatoms. The van der Waals surface area contributed by atoms with E-state index in [0.29, 0.717) is 18.7 Å². The standard InChI is InChI=1S/C18H17N3O4S/c1-25-16-9-8-14(21-10-4-7-18(21)22)11-17(16)26(23,24)20-15-6-3-2-5-13(15)12-19/h2-3,5-6,8-9,11,20H,4,7,10H2,1H3. The van der Waals surface area contributed by atoms with Gasteiger partial charge in [0.15, 0.2) is 0 Å². The first kappa shape index (κ1) is 17.8. The van der Waals surface area contributed by atoms with Crippen molar-refractivity contribution in [3.05, 3.63) is 48.0 Å². The van der Waals surface area contributed by atoms with E-state index in [4.69, 9.17) is 10.00 Å². The van der Waals surface area contributed by atoms with Gasteiger partial charge in [-0.1, -0.05) is 12.1 Å². The first-order valence-corrected chi connectivity index (χ1v) is 9.45. The van der Waals surface area contributed by atoms with Crippen LogP contribution in [0, 0.1) is 11.3 Å². The van der Waals surface area contributed by atoms with Crippen molar-refractivity contribution >= 4 is 27.3 Å². The number of hydrogen-bond donors (Lipinski definition) is 1. The summed E-state index contributed by atoms with van der Waals surface area (Å²) in [7, 11) is -2.65. The quantitative estimate of drug-likeness (QED) is 0.870. The predicted molar refractivity (Wildman–Crippen MR) is 96.5 cm³/mol. The summed E-state index contributed by atoms with van der Waals surface area (Å²) in [5.41, 5.74) is 0.892. The van der Waals surface area contributed by atoms with Crippen LogP contribution in [0.1, 0.15) is 18.4 Å². The Morgan fingerprint density at radius 3 is 2.65 bits per heavy atom. The molecule has 0 radical (unpaired) electrons. The SMILES string of the molecule is COc1ccc(N2CCCC2=O)cc1S(=O)(=O)Nc1ccccc1C#N. The second-order valence-corrected chi connectivity index (χ2v) is 7.40. The fourth-order valence-corrected chi connectivity index (χ4v) is 4.10. The number of nitriles is 1. The summed E-state index contributed by atoms with van der Waals surface area (Å²) in [5, 5.41) is 9.15. The zero-order valence-electron chi connectivity index (χ0n) is 14.1. The highest BCUT2D eigenvalue weighted by Gasteiger charge is 2.26. The van der Waals surface area contributed by atoms with E-state index in [1.807, 2.05) is 6.07 Å². The van der Waals surface area contributed by atoms with Crippen molar-refractivity contribution < 1.29 is 17.9 Å². The van der Waals surface area contributed by atoms with Gasteiger partial charge in [-0.05, 0) is 36.8 Å². The molecule has 0 atom stereocenters. The molecule has 0 bridgehead atoms. The van der Waals surface area contributed by atoms with Gasteiger partial charge in [0, 0.05) is 18.7 Å². The maximum atomic E-state index is 12.9. The summed E-state index contributed by atoms with van der Waals surface area (Å²) in [4.78, 5) is 13.4. The highest BCUT2D eigenvalue weighted by atomic mass is 32.2. The van der Waals surface area contributed by atoms with Crippen molar-refractivity contribution in [2.75, 3.05) is 23.3 Å². The molecule has 1 amide bonds. The minimum atomic E-state index is -4.02. The average Bonchev–Trinajstić information content (AvgIpc) is 3.07. The lowest BCUT2D eigenvalue weighted by molar-refractivity contribution is -0.117. The highest BCUT2D eigenvalue weighted by molar-refractivity contribution is 7.92. The van der Waals surface area contributed by atoms with Crippen LogP contribution in [-0.2, 0) is 14.8 Å². The molecule has 1 aliphatic heterocycles. The molecule has 7 nitrogen and oxygen atoms in total. The van der Waals surface area contributed by atoms with E-state index in [0.717, 1.165) is 6.42 Å². The van der Waals surface area contributed by atoms with Crippen LogP contribution in [0.25, 0.3) is 0 Å². The molecule has 26 heavy (non-hydrogen) atoms. The van der Waals surface area contributed by atoms with Gasteiger partial charge in [0.25, 0.3) is 10.0 Å². The lowest BCUT2D eigenvalue weighted by atomic mass is 10.2. The number of carbonyl (C=O) groups excluding carboxylic acids is 1. The van der Waals surface area contributed by atoms with Crippen molar-refractivity contribution in [3.8, 4) is 11.8 Å². The fraction of sp³-hybridized carbons (Fsp3) is 0.222. The number of hydrogen-bond acceptors (Lipinski definition) is 5. The highest BCUT2D eigenvalue weighted by Crippen LogP contribution is 2.32. The van der Waals surface area contributed by atoms with Crippen molar-refractivity contribution in [2.24, 2.45) is 0 Å². The maximum absolute atomic E-state index is 12.9. The Balaban J connectivity index is 2.03. The van der Waals surface area contributed by atoms with Gasteiger partial charge < -0.3 is 9.64 Å². The Bertz CT molecular complexity index is 996. The van der Waals surface area contributed by atoms with Gasteiger partial charge in [-0.25, -0.2) is 8.42 Å². The molecule has 0 spiro atoms. The van der Waals surface area contributed by atoms with E-state index in [9.17, 15) is 13.2 Å². The van der Waals surface area contributed by atoms with E-state index in [1.165, 1.54) is 31.4 Å². The number of carbonyl (C=O) groups is 1. The van der Waals surface area contributed by atoms with Crippen LogP contribution in [0.15, 0.2) is 47.4 Å². The topological polar surface area (TPSA) is 99.5 Å².